The van der Waals surface area contributed by atoms with Gasteiger partial charge in [0.25, 0.3) is 0 Å². The topological polar surface area (TPSA) is 44.8 Å². The molecule has 0 aromatic carbocycles. The summed E-state index contributed by atoms with van der Waals surface area (Å²) in [5, 5.41) is 3.34. The lowest BCUT2D eigenvalue weighted by Crippen LogP contribution is -2.52. The Kier molecular flexibility index (Phi) is 4.36. The van der Waals surface area contributed by atoms with Crippen molar-refractivity contribution in [1.29, 1.82) is 0 Å². The first-order chi connectivity index (χ1) is 8.20. The maximum absolute atomic E-state index is 12.3. The van der Waals surface area contributed by atoms with Gasteiger partial charge < -0.3 is 15.0 Å². The minimum absolute atomic E-state index is 0.0296. The fraction of sp³-hybridized carbons (Fsp3) is 0.917. The summed E-state index contributed by atoms with van der Waals surface area (Å²) < 4.78 is 5.27. The Hall–Kier alpha value is -0.650. The normalized spacial score (nSPS) is 27.5. The molecule has 2 heterocycles. The van der Waals surface area contributed by atoms with Gasteiger partial charge in [0.2, 0.25) is 5.91 Å². The number of hydrogen-bond acceptors (Lipinski definition) is 4. The highest BCUT2D eigenvalue weighted by molar-refractivity contribution is 5.81. The van der Waals surface area contributed by atoms with E-state index in [1.54, 1.807) is 0 Å². The zero-order chi connectivity index (χ0) is 12.3. The van der Waals surface area contributed by atoms with E-state index < -0.39 is 0 Å². The first-order valence-corrected chi connectivity index (χ1v) is 6.49. The van der Waals surface area contributed by atoms with Crippen LogP contribution in [-0.4, -0.2) is 74.2 Å². The van der Waals surface area contributed by atoms with E-state index in [0.29, 0.717) is 19.3 Å². The Morgan fingerprint density at radius 3 is 2.76 bits per heavy atom. The lowest BCUT2D eigenvalue weighted by molar-refractivity contribution is -0.140. The number of nitrogens with one attached hydrogen (secondary N) is 1. The molecular weight excluding hydrogens is 218 g/mol. The second-order valence-electron chi connectivity index (χ2n) is 4.93. The molecule has 2 rings (SSSR count). The molecule has 2 aliphatic heterocycles. The maximum atomic E-state index is 12.3. The Morgan fingerprint density at radius 2 is 2.18 bits per heavy atom. The number of rotatable bonds is 3. The van der Waals surface area contributed by atoms with Crippen LogP contribution < -0.4 is 5.32 Å². The van der Waals surface area contributed by atoms with Gasteiger partial charge in [0.05, 0.1) is 19.3 Å². The largest absolute Gasteiger partial charge is 0.378 e. The maximum Gasteiger partial charge on any atom is 0.239 e. The summed E-state index contributed by atoms with van der Waals surface area (Å²) in [6.07, 6.45) is 1.14. The first kappa shape index (κ1) is 12.8. The van der Waals surface area contributed by atoms with Gasteiger partial charge in [0, 0.05) is 25.7 Å². The minimum Gasteiger partial charge on any atom is -0.378 e. The average Bonchev–Trinajstić information content (AvgIpc) is 2.91. The van der Waals surface area contributed by atoms with Crippen LogP contribution >= 0.6 is 0 Å². The second kappa shape index (κ2) is 5.80. The molecule has 2 fully saturated rings. The third-order valence-electron chi connectivity index (χ3n) is 3.90. The third-order valence-corrected chi connectivity index (χ3v) is 3.90. The Balaban J connectivity index is 1.88. The van der Waals surface area contributed by atoms with E-state index in [0.717, 1.165) is 32.6 Å². The number of carbonyl (C=O) groups is 1. The predicted molar refractivity (Wildman–Crippen MR) is 65.9 cm³/mol. The number of morpholine rings is 1. The molecule has 98 valence electrons. The number of ether oxygens (including phenoxy) is 1. The van der Waals surface area contributed by atoms with Crippen LogP contribution in [0, 0.1) is 0 Å². The van der Waals surface area contributed by atoms with Crippen LogP contribution in [0.25, 0.3) is 0 Å². The van der Waals surface area contributed by atoms with E-state index in [9.17, 15) is 4.79 Å². The summed E-state index contributed by atoms with van der Waals surface area (Å²) in [6.45, 7) is 6.89. The Bertz CT molecular complexity index is 260. The van der Waals surface area contributed by atoms with Gasteiger partial charge in [-0.2, -0.15) is 0 Å². The van der Waals surface area contributed by atoms with E-state index in [1.165, 1.54) is 0 Å². The number of likely N-dealkylation sites (N-methyl/N-ethyl adjacent to an activating group) is 1. The van der Waals surface area contributed by atoms with Crippen molar-refractivity contribution >= 4 is 5.91 Å². The number of amides is 1. The van der Waals surface area contributed by atoms with Crippen molar-refractivity contribution < 1.29 is 9.53 Å². The lowest BCUT2D eigenvalue weighted by Gasteiger charge is -2.35. The molecule has 5 heteroatoms. The zero-order valence-corrected chi connectivity index (χ0v) is 10.8. The number of carbonyl (C=O) groups excluding carboxylic acids is 1. The molecule has 0 aliphatic carbocycles. The van der Waals surface area contributed by atoms with Crippen molar-refractivity contribution in [1.82, 2.24) is 15.1 Å². The van der Waals surface area contributed by atoms with Gasteiger partial charge in [-0.15, -0.1) is 0 Å². The summed E-state index contributed by atoms with van der Waals surface area (Å²) in [5.74, 6) is 0.239. The molecule has 0 bridgehead atoms. The first-order valence-electron chi connectivity index (χ1n) is 6.49. The van der Waals surface area contributed by atoms with Crippen LogP contribution in [0.1, 0.15) is 13.3 Å². The molecule has 0 saturated carbocycles. The van der Waals surface area contributed by atoms with Crippen molar-refractivity contribution in [3.63, 3.8) is 0 Å². The number of hydrogen-bond donors (Lipinski definition) is 1. The highest BCUT2D eigenvalue weighted by Gasteiger charge is 2.30. The van der Waals surface area contributed by atoms with Gasteiger partial charge in [0.1, 0.15) is 0 Å². The highest BCUT2D eigenvalue weighted by atomic mass is 16.5. The van der Waals surface area contributed by atoms with Gasteiger partial charge in [-0.25, -0.2) is 0 Å². The van der Waals surface area contributed by atoms with Crippen LogP contribution in [0.15, 0.2) is 0 Å². The van der Waals surface area contributed by atoms with Gasteiger partial charge in [0.15, 0.2) is 0 Å². The van der Waals surface area contributed by atoms with Crippen molar-refractivity contribution in [2.24, 2.45) is 0 Å². The summed E-state index contributed by atoms with van der Waals surface area (Å²) in [5.41, 5.74) is 0. The Labute approximate surface area is 103 Å². The van der Waals surface area contributed by atoms with Crippen LogP contribution in [0.2, 0.25) is 0 Å². The molecule has 17 heavy (non-hydrogen) atoms. The molecule has 0 aromatic rings. The molecule has 0 aromatic heterocycles. The highest BCUT2D eigenvalue weighted by Crippen LogP contribution is 2.12. The summed E-state index contributed by atoms with van der Waals surface area (Å²) in [7, 11) is 2.06. The smallest absolute Gasteiger partial charge is 0.239 e. The minimum atomic E-state index is -0.0296. The van der Waals surface area contributed by atoms with E-state index in [-0.39, 0.29) is 11.9 Å². The van der Waals surface area contributed by atoms with Crippen LogP contribution in [0.3, 0.4) is 0 Å². The van der Waals surface area contributed by atoms with Crippen molar-refractivity contribution in [3.05, 3.63) is 0 Å². The monoisotopic (exact) mass is 241 g/mol. The quantitative estimate of drug-likeness (QED) is 0.725. The molecule has 2 atom stereocenters. The zero-order valence-electron chi connectivity index (χ0n) is 10.8. The molecule has 1 N–H and O–H groups in total. The SMILES string of the molecule is CC(C(=O)N1CCOCC1)N(C)C1CCNC1. The third kappa shape index (κ3) is 2.97. The number of nitrogens with zero attached hydrogens (tertiary/aromatic N) is 2. The van der Waals surface area contributed by atoms with Gasteiger partial charge in [-0.05, 0) is 26.9 Å². The standard InChI is InChI=1S/C12H23N3O2/c1-10(14(2)11-3-4-13-9-11)12(16)15-5-7-17-8-6-15/h10-11,13H,3-9H2,1-2H3. The second-order valence-corrected chi connectivity index (χ2v) is 4.93. The molecule has 2 saturated heterocycles. The molecule has 2 unspecified atom stereocenters. The van der Waals surface area contributed by atoms with E-state index >= 15 is 0 Å². The fourth-order valence-electron chi connectivity index (χ4n) is 2.53. The van der Waals surface area contributed by atoms with Gasteiger partial charge in [-0.1, -0.05) is 0 Å². The fourth-order valence-corrected chi connectivity index (χ4v) is 2.53. The summed E-state index contributed by atoms with van der Waals surface area (Å²) in [6, 6.07) is 0.466. The summed E-state index contributed by atoms with van der Waals surface area (Å²) in [4.78, 5) is 16.4. The molecular formula is C12H23N3O2. The molecule has 5 nitrogen and oxygen atoms in total. The van der Waals surface area contributed by atoms with Gasteiger partial charge >= 0.3 is 0 Å². The lowest BCUT2D eigenvalue weighted by atomic mass is 10.1. The van der Waals surface area contributed by atoms with Gasteiger partial charge in [-0.3, -0.25) is 9.69 Å². The molecule has 2 aliphatic rings. The van der Waals surface area contributed by atoms with E-state index in [2.05, 4.69) is 17.3 Å². The van der Waals surface area contributed by atoms with E-state index in [1.807, 2.05) is 11.8 Å². The van der Waals surface area contributed by atoms with Crippen LogP contribution in [0.4, 0.5) is 0 Å². The van der Waals surface area contributed by atoms with Crippen molar-refractivity contribution in [2.45, 2.75) is 25.4 Å². The summed E-state index contributed by atoms with van der Waals surface area (Å²) >= 11 is 0. The molecule has 0 spiro atoms. The Morgan fingerprint density at radius 1 is 1.47 bits per heavy atom. The average molecular weight is 241 g/mol. The van der Waals surface area contributed by atoms with Crippen molar-refractivity contribution in [3.8, 4) is 0 Å². The van der Waals surface area contributed by atoms with Crippen LogP contribution in [0.5, 0.6) is 0 Å². The van der Waals surface area contributed by atoms with Crippen LogP contribution in [-0.2, 0) is 9.53 Å². The molecule has 0 radical (unpaired) electrons. The molecule has 1 amide bonds. The predicted octanol–water partition coefficient (Wildman–Crippen LogP) is -0.473. The van der Waals surface area contributed by atoms with Crippen molar-refractivity contribution in [2.75, 3.05) is 46.4 Å². The van der Waals surface area contributed by atoms with E-state index in [4.69, 9.17) is 4.74 Å².